The molecular formula is C6H10O12P2-4. The number of phosphoric acid groups is 2. The summed E-state index contributed by atoms with van der Waals surface area (Å²) in [7, 11) is -10.9. The van der Waals surface area contributed by atoms with E-state index in [1.165, 1.54) is 0 Å². The molecule has 1 aliphatic heterocycles. The average Bonchev–Trinajstić information content (AvgIpc) is 2.48. The van der Waals surface area contributed by atoms with Crippen molar-refractivity contribution in [3.63, 3.8) is 0 Å². The largest absolute Gasteiger partial charge is 0.790 e. The van der Waals surface area contributed by atoms with E-state index in [1.807, 2.05) is 0 Å². The minimum absolute atomic E-state index is 1.03. The lowest BCUT2D eigenvalue weighted by Gasteiger charge is -2.34. The molecule has 0 aliphatic carbocycles. The van der Waals surface area contributed by atoms with E-state index >= 15 is 0 Å². The maximum Gasteiger partial charge on any atom is 0.219 e. The van der Waals surface area contributed by atoms with Crippen molar-refractivity contribution in [1.82, 2.24) is 0 Å². The van der Waals surface area contributed by atoms with E-state index in [9.17, 15) is 44.0 Å². The van der Waals surface area contributed by atoms with Crippen LogP contribution in [-0.2, 0) is 22.9 Å². The SMILES string of the molecule is O=P([O-])([O-])OC[C@H]1O[C@](O)(COP(=O)([O-])[O-])C(O)C1O. The van der Waals surface area contributed by atoms with Gasteiger partial charge >= 0.3 is 0 Å². The molecule has 20 heavy (non-hydrogen) atoms. The molecule has 2 unspecified atom stereocenters. The minimum atomic E-state index is -5.48. The van der Waals surface area contributed by atoms with Crippen LogP contribution in [0.5, 0.6) is 0 Å². The first-order valence-corrected chi connectivity index (χ1v) is 7.86. The summed E-state index contributed by atoms with van der Waals surface area (Å²) in [5, 5.41) is 28.5. The van der Waals surface area contributed by atoms with Crippen LogP contribution in [0.1, 0.15) is 0 Å². The van der Waals surface area contributed by atoms with E-state index in [1.54, 1.807) is 0 Å². The highest BCUT2D eigenvalue weighted by Crippen LogP contribution is 2.35. The highest BCUT2D eigenvalue weighted by atomic mass is 31.2. The van der Waals surface area contributed by atoms with Crippen molar-refractivity contribution in [1.29, 1.82) is 0 Å². The Hall–Kier alpha value is 0.0600. The molecule has 12 nitrogen and oxygen atoms in total. The van der Waals surface area contributed by atoms with Gasteiger partial charge in [-0.1, -0.05) is 0 Å². The fraction of sp³-hybridized carbons (Fsp3) is 1.00. The second-order valence-corrected chi connectivity index (χ2v) is 6.21. The van der Waals surface area contributed by atoms with E-state index in [0.29, 0.717) is 0 Å². The lowest BCUT2D eigenvalue weighted by molar-refractivity contribution is -0.350. The van der Waals surface area contributed by atoms with Gasteiger partial charge in [0.15, 0.2) is 0 Å². The molecule has 1 saturated heterocycles. The number of phosphoric ester groups is 2. The Bertz CT molecular complexity index is 428. The van der Waals surface area contributed by atoms with Crippen LogP contribution in [0.25, 0.3) is 0 Å². The first-order valence-electron chi connectivity index (χ1n) is 4.93. The monoisotopic (exact) mass is 336 g/mol. The van der Waals surface area contributed by atoms with E-state index in [4.69, 9.17) is 0 Å². The third-order valence-electron chi connectivity index (χ3n) is 2.35. The summed E-state index contributed by atoms with van der Waals surface area (Å²) < 4.78 is 32.6. The van der Waals surface area contributed by atoms with Crippen molar-refractivity contribution in [3.05, 3.63) is 0 Å². The second kappa shape index (κ2) is 6.05. The van der Waals surface area contributed by atoms with Crippen molar-refractivity contribution < 1.29 is 57.8 Å². The predicted molar refractivity (Wildman–Crippen MR) is 49.0 cm³/mol. The van der Waals surface area contributed by atoms with Crippen LogP contribution >= 0.6 is 15.6 Å². The van der Waals surface area contributed by atoms with Crippen LogP contribution in [0.15, 0.2) is 0 Å². The Kier molecular flexibility index (Phi) is 5.48. The van der Waals surface area contributed by atoms with Gasteiger partial charge in [0, 0.05) is 0 Å². The highest BCUT2D eigenvalue weighted by Gasteiger charge is 2.53. The van der Waals surface area contributed by atoms with Crippen LogP contribution < -0.4 is 19.6 Å². The molecule has 0 radical (unpaired) electrons. The molecule has 0 aromatic heterocycles. The number of hydrogen-bond donors (Lipinski definition) is 3. The Labute approximate surface area is 112 Å². The number of aliphatic hydroxyl groups is 3. The van der Waals surface area contributed by atoms with Gasteiger partial charge in [0.2, 0.25) is 5.79 Å². The summed E-state index contributed by atoms with van der Waals surface area (Å²) in [4.78, 5) is 41.0. The molecule has 0 bridgehead atoms. The van der Waals surface area contributed by atoms with Gasteiger partial charge in [-0.2, -0.15) is 0 Å². The maximum absolute atomic E-state index is 10.3. The molecule has 4 atom stereocenters. The molecule has 1 aliphatic rings. The third kappa shape index (κ3) is 5.11. The van der Waals surface area contributed by atoms with E-state index in [-0.39, 0.29) is 0 Å². The smallest absolute Gasteiger partial charge is 0.219 e. The van der Waals surface area contributed by atoms with Crippen molar-refractivity contribution in [3.8, 4) is 0 Å². The highest BCUT2D eigenvalue weighted by molar-refractivity contribution is 7.43. The number of ether oxygens (including phenoxy) is 1. The molecule has 120 valence electrons. The summed E-state index contributed by atoms with van der Waals surface area (Å²) in [6.45, 7) is -2.37. The number of hydrogen-bond acceptors (Lipinski definition) is 12. The van der Waals surface area contributed by atoms with Gasteiger partial charge in [-0.25, -0.2) is 0 Å². The van der Waals surface area contributed by atoms with Crippen molar-refractivity contribution >= 4 is 15.6 Å². The van der Waals surface area contributed by atoms with Crippen molar-refractivity contribution in [2.24, 2.45) is 0 Å². The summed E-state index contributed by atoms with van der Waals surface area (Å²) >= 11 is 0. The van der Waals surface area contributed by atoms with Gasteiger partial charge in [-0.05, 0) is 0 Å². The molecule has 0 aromatic rings. The van der Waals surface area contributed by atoms with Crippen LogP contribution in [-0.4, -0.2) is 52.6 Å². The lowest BCUT2D eigenvalue weighted by atomic mass is 10.1. The number of rotatable bonds is 6. The molecule has 0 amide bonds. The number of aliphatic hydroxyl groups excluding tert-OH is 2. The molecule has 1 rings (SSSR count). The molecule has 14 heteroatoms. The molecule has 1 heterocycles. The topological polar surface area (TPSA) is 215 Å². The lowest BCUT2D eigenvalue weighted by Crippen LogP contribution is -2.47. The van der Waals surface area contributed by atoms with Gasteiger partial charge in [0.1, 0.15) is 24.9 Å². The summed E-state index contributed by atoms with van der Waals surface area (Å²) in [5.74, 6) is -2.78. The van der Waals surface area contributed by atoms with Gasteiger partial charge in [0.05, 0.1) is 22.3 Å². The van der Waals surface area contributed by atoms with Crippen LogP contribution in [0.4, 0.5) is 0 Å². The standard InChI is InChI=1S/C6H14O12P2/c7-4-3(1-16-19(10,11)12)18-6(9,5(4)8)2-17-20(13,14)15/h3-5,7-9H,1-2H2,(H2,10,11,12)(H2,13,14,15)/p-4/t3-,4?,5?,6-/m1/s1. The van der Waals surface area contributed by atoms with Gasteiger partial charge < -0.3 is 57.8 Å². The first-order chi connectivity index (χ1) is 8.84. The zero-order valence-electron chi connectivity index (χ0n) is 9.56. The minimum Gasteiger partial charge on any atom is -0.790 e. The zero-order chi connectivity index (χ0) is 15.8. The van der Waals surface area contributed by atoms with Crippen molar-refractivity contribution in [2.45, 2.75) is 24.1 Å². The summed E-state index contributed by atoms with van der Waals surface area (Å²) in [6.07, 6.45) is -5.69. The normalized spacial score (nSPS) is 35.5. The Morgan fingerprint density at radius 3 is 2.05 bits per heavy atom. The molecule has 0 saturated carbocycles. The Balaban J connectivity index is 2.67. The molecule has 1 fully saturated rings. The maximum atomic E-state index is 10.3. The summed E-state index contributed by atoms with van der Waals surface area (Å²) in [6, 6.07) is 0. The molecular weight excluding hydrogens is 326 g/mol. The van der Waals surface area contributed by atoms with E-state index in [0.717, 1.165) is 0 Å². The first kappa shape index (κ1) is 18.1. The molecule has 0 aromatic carbocycles. The Morgan fingerprint density at radius 1 is 1.10 bits per heavy atom. The predicted octanol–water partition coefficient (Wildman–Crippen LogP) is -5.51. The zero-order valence-corrected chi connectivity index (χ0v) is 11.3. The van der Waals surface area contributed by atoms with Crippen LogP contribution in [0.3, 0.4) is 0 Å². The van der Waals surface area contributed by atoms with Gasteiger partial charge in [0.25, 0.3) is 0 Å². The molecule has 3 N–H and O–H groups in total. The Morgan fingerprint density at radius 2 is 1.60 bits per heavy atom. The fourth-order valence-electron chi connectivity index (χ4n) is 1.46. The fourth-order valence-corrected chi connectivity index (χ4v) is 2.13. The van der Waals surface area contributed by atoms with Crippen LogP contribution in [0.2, 0.25) is 0 Å². The van der Waals surface area contributed by atoms with Crippen molar-refractivity contribution in [2.75, 3.05) is 13.2 Å². The van der Waals surface area contributed by atoms with Crippen LogP contribution in [0, 0.1) is 0 Å². The van der Waals surface area contributed by atoms with Gasteiger partial charge in [-0.3, -0.25) is 0 Å². The summed E-state index contributed by atoms with van der Waals surface area (Å²) in [5.41, 5.74) is 0. The molecule has 0 spiro atoms. The quantitative estimate of drug-likeness (QED) is 0.387. The second-order valence-electron chi connectivity index (χ2n) is 3.90. The third-order valence-corrected chi connectivity index (χ3v) is 3.26. The van der Waals surface area contributed by atoms with E-state index in [2.05, 4.69) is 13.8 Å². The average molecular weight is 336 g/mol. The van der Waals surface area contributed by atoms with E-state index < -0.39 is 53.0 Å². The van der Waals surface area contributed by atoms with Gasteiger partial charge in [-0.15, -0.1) is 0 Å².